The number of fused-ring (bicyclic) bond motifs is 1. The molecule has 9 nitrogen and oxygen atoms in total. The van der Waals surface area contributed by atoms with Gasteiger partial charge >= 0.3 is 12.1 Å². The van der Waals surface area contributed by atoms with Gasteiger partial charge in [0.2, 0.25) is 9.70 Å². The lowest BCUT2D eigenvalue weighted by Gasteiger charge is -2.49. The number of β-lactam (4-membered cyclic amide) rings is 1. The summed E-state index contributed by atoms with van der Waals surface area (Å²) in [7, 11) is 0. The van der Waals surface area contributed by atoms with Gasteiger partial charge in [-0.3, -0.25) is 14.5 Å². The van der Waals surface area contributed by atoms with Gasteiger partial charge in [0.25, 0.3) is 5.91 Å². The summed E-state index contributed by atoms with van der Waals surface area (Å²) < 4.78 is 8.57. The minimum absolute atomic E-state index is 0.0408. The Hall–Kier alpha value is -1.66. The van der Waals surface area contributed by atoms with Crippen molar-refractivity contribution in [1.82, 2.24) is 15.5 Å². The number of carbonyl (C=O) groups excluding carboxylic acids is 4. The van der Waals surface area contributed by atoms with Crippen LogP contribution in [-0.2, 0) is 23.9 Å². The number of hydrogen-bond acceptors (Lipinski definition) is 8. The first-order chi connectivity index (χ1) is 16.6. The molecule has 1 aromatic heterocycles. The van der Waals surface area contributed by atoms with Crippen molar-refractivity contribution >= 4 is 81.8 Å². The molecular weight excluding hydrogens is 573 g/mol. The first kappa shape index (κ1) is 28.9. The maximum Gasteiger partial charge on any atom is 0.408 e. The molecule has 3 amide bonds. The van der Waals surface area contributed by atoms with Crippen molar-refractivity contribution in [2.45, 2.75) is 66.2 Å². The number of nitrogens with one attached hydrogen (secondary N) is 2. The van der Waals surface area contributed by atoms with Crippen LogP contribution in [0.3, 0.4) is 0 Å². The van der Waals surface area contributed by atoms with E-state index in [1.807, 2.05) is 18.4 Å². The lowest BCUT2D eigenvalue weighted by molar-refractivity contribution is -0.152. The predicted octanol–water partition coefficient (Wildman–Crippen LogP) is 4.29. The van der Waals surface area contributed by atoms with Gasteiger partial charge < -0.3 is 20.1 Å². The molecule has 0 aliphatic carbocycles. The fourth-order valence-corrected chi connectivity index (χ4v) is 5.79. The van der Waals surface area contributed by atoms with Gasteiger partial charge in [0, 0.05) is 10.1 Å². The highest BCUT2D eigenvalue weighted by Crippen LogP contribution is 2.41. The molecule has 3 heterocycles. The molecule has 0 aromatic carbocycles. The van der Waals surface area contributed by atoms with Crippen LogP contribution in [0.1, 0.15) is 45.0 Å². The van der Waals surface area contributed by atoms with Crippen molar-refractivity contribution in [2.75, 3.05) is 6.61 Å². The summed E-state index contributed by atoms with van der Waals surface area (Å²) in [6, 6.07) is 2.12. The summed E-state index contributed by atoms with van der Waals surface area (Å²) >= 11 is 19.7. The minimum Gasteiger partial charge on any atom is -0.456 e. The van der Waals surface area contributed by atoms with E-state index in [1.165, 1.54) is 28.0 Å². The average molecular weight is 599 g/mol. The molecule has 14 heteroatoms. The molecule has 2 N–H and O–H groups in total. The number of thiophene rings is 1. The molecule has 0 spiro atoms. The van der Waals surface area contributed by atoms with Gasteiger partial charge in [-0.1, -0.05) is 40.9 Å². The number of alkyl carbamates (subject to hydrolysis) is 1. The van der Waals surface area contributed by atoms with E-state index in [4.69, 9.17) is 44.3 Å². The average Bonchev–Trinajstić information content (AvgIpc) is 3.27. The first-order valence-corrected chi connectivity index (χ1v) is 13.9. The van der Waals surface area contributed by atoms with Gasteiger partial charge in [-0.25, -0.2) is 9.59 Å². The Kier molecular flexibility index (Phi) is 9.14. The number of rotatable bonds is 7. The highest BCUT2D eigenvalue weighted by atomic mass is 35.6. The summed E-state index contributed by atoms with van der Waals surface area (Å²) in [4.78, 5) is 52.7. The van der Waals surface area contributed by atoms with E-state index in [0.717, 1.165) is 4.88 Å². The highest BCUT2D eigenvalue weighted by molar-refractivity contribution is 8.00. The van der Waals surface area contributed by atoms with Crippen molar-refractivity contribution < 1.29 is 28.7 Å². The van der Waals surface area contributed by atoms with Crippen molar-refractivity contribution in [2.24, 2.45) is 0 Å². The first-order valence-electron chi connectivity index (χ1n) is 10.9. The van der Waals surface area contributed by atoms with Crippen molar-refractivity contribution in [3.05, 3.63) is 34.2 Å². The monoisotopic (exact) mass is 597 g/mol. The fraction of sp³-hybridized carbons (Fsp3) is 0.545. The summed E-state index contributed by atoms with van der Waals surface area (Å²) in [5.41, 5.74) is -0.659. The van der Waals surface area contributed by atoms with E-state index in [1.54, 1.807) is 32.9 Å². The number of carbonyl (C=O) groups is 4. The number of hydrogen-bond donors (Lipinski definition) is 2. The predicted molar refractivity (Wildman–Crippen MR) is 140 cm³/mol. The summed E-state index contributed by atoms with van der Waals surface area (Å²) in [5.74, 6) is -1.70. The molecule has 2 aliphatic rings. The Bertz CT molecular complexity index is 1040. The molecule has 198 valence electrons. The van der Waals surface area contributed by atoms with Crippen molar-refractivity contribution in [3.8, 4) is 0 Å². The Balaban J connectivity index is 1.64. The molecule has 3 unspecified atom stereocenters. The normalized spacial score (nSPS) is 22.5. The van der Waals surface area contributed by atoms with Crippen LogP contribution in [0.2, 0.25) is 0 Å². The third kappa shape index (κ3) is 7.67. The van der Waals surface area contributed by atoms with Crippen molar-refractivity contribution in [3.63, 3.8) is 0 Å². The molecule has 3 rings (SSSR count). The van der Waals surface area contributed by atoms with Crippen LogP contribution in [0.25, 0.3) is 0 Å². The number of thioether (sulfide) groups is 1. The molecular formula is C22H26Cl3N3O6S2. The van der Waals surface area contributed by atoms with Crippen LogP contribution in [0.5, 0.6) is 0 Å². The van der Waals surface area contributed by atoms with Gasteiger partial charge in [-0.05, 0) is 45.2 Å². The highest BCUT2D eigenvalue weighted by Gasteiger charge is 2.54. The third-order valence-electron chi connectivity index (χ3n) is 4.91. The standard InChI is InChI=1S/C22H26Cl3N3O6S2/c1-11-8-13(19(31)33-10-22(23,24)25)28-17(30)16(18(28)36-11)27-15(29)9-12(14-6-5-7-35-14)26-20(32)34-21(2,3)4/h5-8,11-12,16,18H,9-10H2,1-4H3,(H,26,32)(H,27,29)/t11?,12?,16?,18-/m1/s1. The number of ether oxygens (including phenoxy) is 2. The molecule has 2 aliphatic heterocycles. The Labute approximate surface area is 232 Å². The maximum absolute atomic E-state index is 12.9. The van der Waals surface area contributed by atoms with Crippen LogP contribution in [0.4, 0.5) is 4.79 Å². The van der Waals surface area contributed by atoms with Gasteiger partial charge in [0.05, 0.1) is 12.5 Å². The number of alkyl halides is 3. The summed E-state index contributed by atoms with van der Waals surface area (Å²) in [5, 5.41) is 6.65. The Morgan fingerprint density at radius 3 is 2.50 bits per heavy atom. The molecule has 1 saturated heterocycles. The van der Waals surface area contributed by atoms with Gasteiger partial charge in [0.15, 0.2) is 0 Å². The fourth-order valence-electron chi connectivity index (χ4n) is 3.52. The van der Waals surface area contributed by atoms with E-state index < -0.39 is 57.3 Å². The second-order valence-electron chi connectivity index (χ2n) is 9.15. The van der Waals surface area contributed by atoms with Crippen LogP contribution in [0, 0.1) is 0 Å². The van der Waals surface area contributed by atoms with Gasteiger partial charge in [-0.2, -0.15) is 0 Å². The molecule has 4 atom stereocenters. The SMILES string of the molecule is CC1C=C(C(=O)OCC(Cl)(Cl)Cl)N2C(=O)C(NC(=O)CC(NC(=O)OC(C)(C)C)c3cccs3)[C@H]2S1. The van der Waals surface area contributed by atoms with E-state index in [-0.39, 0.29) is 17.4 Å². The lowest BCUT2D eigenvalue weighted by atomic mass is 10.0. The van der Waals surface area contributed by atoms with Crippen LogP contribution in [0.15, 0.2) is 29.3 Å². The zero-order valence-corrected chi connectivity index (χ0v) is 23.8. The molecule has 1 aromatic rings. The number of amides is 3. The minimum atomic E-state index is -1.79. The lowest BCUT2D eigenvalue weighted by Crippen LogP contribution is -2.70. The van der Waals surface area contributed by atoms with E-state index >= 15 is 0 Å². The molecule has 0 saturated carbocycles. The maximum atomic E-state index is 12.9. The Morgan fingerprint density at radius 1 is 1.22 bits per heavy atom. The number of nitrogens with zero attached hydrogens (tertiary/aromatic N) is 1. The molecule has 1 fully saturated rings. The van der Waals surface area contributed by atoms with Gasteiger partial charge in [-0.15, -0.1) is 23.1 Å². The largest absolute Gasteiger partial charge is 0.456 e. The molecule has 36 heavy (non-hydrogen) atoms. The van der Waals surface area contributed by atoms with E-state index in [2.05, 4.69) is 10.6 Å². The summed E-state index contributed by atoms with van der Waals surface area (Å²) in [6.07, 6.45) is 0.833. The van der Waals surface area contributed by atoms with E-state index in [0.29, 0.717) is 0 Å². The summed E-state index contributed by atoms with van der Waals surface area (Å²) in [6.45, 7) is 6.60. The molecule has 0 radical (unpaired) electrons. The number of esters is 1. The van der Waals surface area contributed by atoms with Crippen molar-refractivity contribution in [1.29, 1.82) is 0 Å². The smallest absolute Gasteiger partial charge is 0.408 e. The zero-order chi connectivity index (χ0) is 26.8. The van der Waals surface area contributed by atoms with Crippen LogP contribution >= 0.6 is 57.9 Å². The zero-order valence-electron chi connectivity index (χ0n) is 19.9. The second-order valence-corrected chi connectivity index (χ2v) is 14.1. The third-order valence-corrected chi connectivity index (χ3v) is 7.55. The van der Waals surface area contributed by atoms with Crippen LogP contribution in [-0.4, -0.2) is 61.4 Å². The topological polar surface area (TPSA) is 114 Å². The quantitative estimate of drug-likeness (QED) is 0.273. The second kappa shape index (κ2) is 11.4. The number of halogens is 3. The van der Waals surface area contributed by atoms with E-state index in [9.17, 15) is 19.2 Å². The van der Waals surface area contributed by atoms with Gasteiger partial charge in [0.1, 0.15) is 29.3 Å². The van der Waals surface area contributed by atoms with Crippen LogP contribution < -0.4 is 10.6 Å². The molecule has 0 bridgehead atoms. The Morgan fingerprint density at radius 2 is 1.92 bits per heavy atom.